The fourth-order valence-electron chi connectivity index (χ4n) is 4.96. The van der Waals surface area contributed by atoms with Crippen LogP contribution in [0.4, 0.5) is 5.95 Å². The predicted octanol–water partition coefficient (Wildman–Crippen LogP) is 5.25. The quantitative estimate of drug-likeness (QED) is 0.379. The first-order valence-electron chi connectivity index (χ1n) is 11.9. The summed E-state index contributed by atoms with van der Waals surface area (Å²) in [6, 6.07) is 14.2. The van der Waals surface area contributed by atoms with Gasteiger partial charge in [0, 0.05) is 47.1 Å². The Morgan fingerprint density at radius 3 is 2.83 bits per heavy atom. The number of amides is 1. The fourth-order valence-corrected chi connectivity index (χ4v) is 5.78. The lowest BCUT2D eigenvalue weighted by molar-refractivity contribution is 0.102. The maximum Gasteiger partial charge on any atom is 0.259 e. The van der Waals surface area contributed by atoms with E-state index in [1.165, 1.54) is 22.5 Å². The van der Waals surface area contributed by atoms with Gasteiger partial charge in [-0.15, -0.1) is 16.4 Å². The molecule has 1 aliphatic rings. The fraction of sp³-hybridized carbons (Fsp3) is 0.259. The Morgan fingerprint density at radius 1 is 1.14 bits per heavy atom. The molecule has 0 aliphatic carbocycles. The SMILES string of the molecule is CCN1CCc2nc3ccccc3c(C(=O)Nc3nc4scc(-c5ccc(C)cc5C)n4n3)c2C1. The first-order chi connectivity index (χ1) is 17.0. The molecule has 0 fully saturated rings. The van der Waals surface area contributed by atoms with Crippen LogP contribution in [-0.4, -0.2) is 43.5 Å². The minimum Gasteiger partial charge on any atom is -0.299 e. The van der Waals surface area contributed by atoms with E-state index in [1.807, 2.05) is 28.8 Å². The molecule has 1 aliphatic heterocycles. The van der Waals surface area contributed by atoms with Crippen LogP contribution >= 0.6 is 11.3 Å². The van der Waals surface area contributed by atoms with Crippen molar-refractivity contribution < 1.29 is 4.79 Å². The molecule has 1 amide bonds. The molecule has 7 nitrogen and oxygen atoms in total. The van der Waals surface area contributed by atoms with E-state index in [0.29, 0.717) is 11.5 Å². The first-order valence-corrected chi connectivity index (χ1v) is 12.8. The van der Waals surface area contributed by atoms with Crippen molar-refractivity contribution in [2.75, 3.05) is 18.4 Å². The monoisotopic (exact) mass is 482 g/mol. The summed E-state index contributed by atoms with van der Waals surface area (Å²) in [6.07, 6.45) is 0.839. The van der Waals surface area contributed by atoms with Crippen molar-refractivity contribution in [1.82, 2.24) is 24.5 Å². The van der Waals surface area contributed by atoms with E-state index in [0.717, 1.165) is 64.4 Å². The minimum atomic E-state index is -0.191. The van der Waals surface area contributed by atoms with Crippen molar-refractivity contribution in [3.05, 3.63) is 75.8 Å². The number of likely N-dealkylation sites (N-methyl/N-ethyl adjacent to an activating group) is 1. The van der Waals surface area contributed by atoms with E-state index in [2.05, 4.69) is 64.6 Å². The van der Waals surface area contributed by atoms with Crippen molar-refractivity contribution in [2.45, 2.75) is 33.7 Å². The highest BCUT2D eigenvalue weighted by atomic mass is 32.1. The number of hydrogen-bond donors (Lipinski definition) is 1. The number of carbonyl (C=O) groups excluding carboxylic acids is 1. The molecule has 0 spiro atoms. The summed E-state index contributed by atoms with van der Waals surface area (Å²) in [5.41, 5.74) is 8.02. The number of rotatable bonds is 4. The van der Waals surface area contributed by atoms with Crippen LogP contribution in [0.15, 0.2) is 47.8 Å². The Kier molecular flexibility index (Phi) is 5.35. The van der Waals surface area contributed by atoms with Gasteiger partial charge >= 0.3 is 0 Å². The van der Waals surface area contributed by atoms with E-state index in [1.54, 1.807) is 0 Å². The Balaban J connectivity index is 1.40. The highest BCUT2D eigenvalue weighted by molar-refractivity contribution is 7.15. The number of nitrogens with one attached hydrogen (secondary N) is 1. The third-order valence-electron chi connectivity index (χ3n) is 6.76. The van der Waals surface area contributed by atoms with Crippen LogP contribution < -0.4 is 5.32 Å². The van der Waals surface area contributed by atoms with Crippen molar-refractivity contribution in [1.29, 1.82) is 0 Å². The lowest BCUT2D eigenvalue weighted by Gasteiger charge is -2.29. The molecule has 0 saturated heterocycles. The molecular weight excluding hydrogens is 456 g/mol. The van der Waals surface area contributed by atoms with Crippen molar-refractivity contribution in [3.63, 3.8) is 0 Å². The van der Waals surface area contributed by atoms with Gasteiger partial charge in [-0.25, -0.2) is 4.52 Å². The Labute approximate surface area is 207 Å². The Bertz CT molecular complexity index is 1600. The molecule has 0 radical (unpaired) electrons. The number of aromatic nitrogens is 4. The third-order valence-corrected chi connectivity index (χ3v) is 7.58. The van der Waals surface area contributed by atoms with Crippen molar-refractivity contribution in [3.8, 4) is 11.3 Å². The molecule has 0 unspecified atom stereocenters. The highest BCUT2D eigenvalue weighted by Gasteiger charge is 2.26. The second-order valence-corrected chi connectivity index (χ2v) is 9.91. The number of carbonyl (C=O) groups is 1. The van der Waals surface area contributed by atoms with Gasteiger partial charge in [0.25, 0.3) is 11.9 Å². The maximum absolute atomic E-state index is 13.7. The third kappa shape index (κ3) is 3.79. The molecule has 0 saturated carbocycles. The zero-order chi connectivity index (χ0) is 24.1. The molecule has 0 atom stereocenters. The van der Waals surface area contributed by atoms with Crippen LogP contribution in [0.3, 0.4) is 0 Å². The van der Waals surface area contributed by atoms with Gasteiger partial charge in [-0.2, -0.15) is 4.98 Å². The standard InChI is InChI=1S/C27H26N6OS/c1-4-32-12-11-22-20(14-32)24(19-7-5-6-8-21(19)28-22)25(34)29-26-30-27-33(31-26)23(15-35-27)18-10-9-16(2)13-17(18)3/h5-10,13,15H,4,11-12,14H2,1-3H3,(H,29,31,34). The second kappa shape index (κ2) is 8.55. The molecule has 35 heavy (non-hydrogen) atoms. The molecule has 176 valence electrons. The molecule has 5 aromatic rings. The average Bonchev–Trinajstić information content (AvgIpc) is 3.42. The topological polar surface area (TPSA) is 75.4 Å². The number of benzene rings is 2. The number of hydrogen-bond acceptors (Lipinski definition) is 6. The second-order valence-electron chi connectivity index (χ2n) is 9.07. The lowest BCUT2D eigenvalue weighted by Crippen LogP contribution is -2.33. The molecule has 8 heteroatoms. The van der Waals surface area contributed by atoms with Gasteiger partial charge in [0.05, 0.1) is 16.8 Å². The zero-order valence-corrected chi connectivity index (χ0v) is 20.8. The largest absolute Gasteiger partial charge is 0.299 e. The number of anilines is 1. The van der Waals surface area contributed by atoms with E-state index >= 15 is 0 Å². The van der Waals surface area contributed by atoms with E-state index < -0.39 is 0 Å². The summed E-state index contributed by atoms with van der Waals surface area (Å²) in [6.45, 7) is 8.94. The Morgan fingerprint density at radius 2 is 2.00 bits per heavy atom. The number of aryl methyl sites for hydroxylation is 2. The van der Waals surface area contributed by atoms with Crippen molar-refractivity contribution >= 4 is 39.1 Å². The van der Waals surface area contributed by atoms with Crippen LogP contribution in [-0.2, 0) is 13.0 Å². The number of pyridine rings is 1. The maximum atomic E-state index is 13.7. The molecule has 6 rings (SSSR count). The number of nitrogens with zero attached hydrogens (tertiary/aromatic N) is 5. The molecule has 1 N–H and O–H groups in total. The summed E-state index contributed by atoms with van der Waals surface area (Å²) in [5, 5.41) is 10.6. The predicted molar refractivity (Wildman–Crippen MR) is 140 cm³/mol. The zero-order valence-electron chi connectivity index (χ0n) is 20.0. The van der Waals surface area contributed by atoms with Gasteiger partial charge in [-0.05, 0) is 32.0 Å². The summed E-state index contributed by atoms with van der Waals surface area (Å²) in [4.78, 5) is 26.3. The summed E-state index contributed by atoms with van der Waals surface area (Å²) >= 11 is 1.52. The van der Waals surface area contributed by atoms with Crippen molar-refractivity contribution in [2.24, 2.45) is 0 Å². The van der Waals surface area contributed by atoms with Crippen LogP contribution in [0.5, 0.6) is 0 Å². The van der Waals surface area contributed by atoms with Gasteiger partial charge in [0.15, 0.2) is 0 Å². The number of thiazole rings is 1. The van der Waals surface area contributed by atoms with E-state index in [-0.39, 0.29) is 5.91 Å². The molecule has 3 aromatic heterocycles. The lowest BCUT2D eigenvalue weighted by atomic mass is 9.95. The normalized spacial score (nSPS) is 13.9. The summed E-state index contributed by atoms with van der Waals surface area (Å²) in [5.74, 6) is 0.120. The van der Waals surface area contributed by atoms with Gasteiger partial charge < -0.3 is 0 Å². The van der Waals surface area contributed by atoms with Crippen LogP contribution in [0.2, 0.25) is 0 Å². The van der Waals surface area contributed by atoms with Crippen LogP contribution in [0.1, 0.15) is 39.7 Å². The van der Waals surface area contributed by atoms with Gasteiger partial charge in [0.1, 0.15) is 0 Å². The smallest absolute Gasteiger partial charge is 0.259 e. The average molecular weight is 483 g/mol. The summed E-state index contributed by atoms with van der Waals surface area (Å²) in [7, 11) is 0. The summed E-state index contributed by atoms with van der Waals surface area (Å²) < 4.78 is 1.82. The molecular formula is C27H26N6OS. The highest BCUT2D eigenvalue weighted by Crippen LogP contribution is 2.31. The molecule has 4 heterocycles. The van der Waals surface area contributed by atoms with Gasteiger partial charge in [-0.3, -0.25) is 20.0 Å². The van der Waals surface area contributed by atoms with E-state index in [4.69, 9.17) is 4.98 Å². The van der Waals surface area contributed by atoms with Gasteiger partial charge in [-0.1, -0.05) is 48.9 Å². The Hall–Kier alpha value is -3.62. The molecule has 2 aromatic carbocycles. The van der Waals surface area contributed by atoms with Gasteiger partial charge in [0.2, 0.25) is 4.96 Å². The van der Waals surface area contributed by atoms with E-state index in [9.17, 15) is 4.79 Å². The number of para-hydroxylation sites is 1. The van der Waals surface area contributed by atoms with Crippen LogP contribution in [0.25, 0.3) is 27.1 Å². The minimum absolute atomic E-state index is 0.191. The first kappa shape index (κ1) is 21.9. The van der Waals surface area contributed by atoms with Crippen LogP contribution in [0, 0.1) is 13.8 Å². The molecule has 0 bridgehead atoms. The number of fused-ring (bicyclic) bond motifs is 3.